The molecule has 0 aromatic heterocycles. The predicted molar refractivity (Wildman–Crippen MR) is 60.9 cm³/mol. The lowest BCUT2D eigenvalue weighted by atomic mass is 9.74. The maximum atomic E-state index is 12.5. The van der Waals surface area contributed by atoms with E-state index in [0.29, 0.717) is 6.42 Å². The monoisotopic (exact) mass is 253 g/mol. The average molecular weight is 253 g/mol. The fourth-order valence-electron chi connectivity index (χ4n) is 2.33. The minimum atomic E-state index is -4.28. The van der Waals surface area contributed by atoms with Crippen molar-refractivity contribution in [1.29, 1.82) is 0 Å². The van der Waals surface area contributed by atoms with Gasteiger partial charge in [-0.3, -0.25) is 0 Å². The smallest absolute Gasteiger partial charge is 0.364 e. The summed E-state index contributed by atoms with van der Waals surface area (Å²) in [4.78, 5) is 0. The van der Waals surface area contributed by atoms with Gasteiger partial charge in [0.1, 0.15) is 0 Å². The van der Waals surface area contributed by atoms with Crippen LogP contribution in [-0.4, -0.2) is 31.5 Å². The Labute approximate surface area is 101 Å². The van der Waals surface area contributed by atoms with Crippen molar-refractivity contribution in [2.75, 3.05) is 7.05 Å². The van der Waals surface area contributed by atoms with Gasteiger partial charge >= 0.3 is 6.18 Å². The van der Waals surface area contributed by atoms with E-state index in [1.165, 1.54) is 0 Å². The van der Waals surface area contributed by atoms with Gasteiger partial charge in [-0.25, -0.2) is 0 Å². The Morgan fingerprint density at radius 2 is 1.94 bits per heavy atom. The number of halogens is 3. The van der Waals surface area contributed by atoms with Crippen LogP contribution in [0.2, 0.25) is 0 Å². The van der Waals surface area contributed by atoms with E-state index < -0.39 is 12.3 Å². The number of hydrogen-bond donors (Lipinski definition) is 1. The van der Waals surface area contributed by atoms with E-state index in [0.717, 1.165) is 19.8 Å². The second kappa shape index (κ2) is 5.14. The summed E-state index contributed by atoms with van der Waals surface area (Å²) in [5.41, 5.74) is 0.0589. The largest absolute Gasteiger partial charge is 0.414 e. The summed E-state index contributed by atoms with van der Waals surface area (Å²) in [5, 5.41) is 3.06. The molecule has 0 radical (unpaired) electrons. The lowest BCUT2D eigenvalue weighted by Gasteiger charge is -2.41. The Hall–Kier alpha value is -0.290. The second-order valence-corrected chi connectivity index (χ2v) is 5.66. The molecule has 0 heterocycles. The quantitative estimate of drug-likeness (QED) is 0.834. The van der Waals surface area contributed by atoms with E-state index in [1.807, 2.05) is 0 Å². The Bertz CT molecular complexity index is 253. The van der Waals surface area contributed by atoms with Gasteiger partial charge in [0.15, 0.2) is 6.10 Å². The minimum Gasteiger partial charge on any atom is -0.364 e. The summed E-state index contributed by atoms with van der Waals surface area (Å²) in [6.45, 7) is 5.23. The van der Waals surface area contributed by atoms with Crippen LogP contribution in [0.1, 0.15) is 40.0 Å². The number of likely N-dealkylation sites (N-methyl/N-ethyl adjacent to an activating group) is 1. The number of ether oxygens (including phenoxy) is 1. The highest BCUT2D eigenvalue weighted by Gasteiger charge is 2.42. The molecule has 102 valence electrons. The first kappa shape index (κ1) is 14.8. The minimum absolute atomic E-state index is 0.0211. The van der Waals surface area contributed by atoms with E-state index >= 15 is 0 Å². The lowest BCUT2D eigenvalue weighted by molar-refractivity contribution is -0.234. The average Bonchev–Trinajstić information content (AvgIpc) is 2.15. The molecule has 1 N–H and O–H groups in total. The van der Waals surface area contributed by atoms with Gasteiger partial charge in [-0.1, -0.05) is 13.8 Å². The van der Waals surface area contributed by atoms with Crippen molar-refractivity contribution in [2.45, 2.75) is 64.5 Å². The zero-order valence-electron chi connectivity index (χ0n) is 10.9. The molecule has 3 unspecified atom stereocenters. The normalized spacial score (nSPS) is 31.2. The van der Waals surface area contributed by atoms with Gasteiger partial charge in [0.25, 0.3) is 0 Å². The van der Waals surface area contributed by atoms with Gasteiger partial charge in [0.2, 0.25) is 0 Å². The summed E-state index contributed by atoms with van der Waals surface area (Å²) >= 11 is 0. The number of nitrogens with one attached hydrogen (secondary N) is 1. The topological polar surface area (TPSA) is 21.3 Å². The number of hydrogen-bond acceptors (Lipinski definition) is 2. The van der Waals surface area contributed by atoms with Crippen LogP contribution >= 0.6 is 0 Å². The van der Waals surface area contributed by atoms with Gasteiger partial charge < -0.3 is 10.1 Å². The van der Waals surface area contributed by atoms with E-state index in [-0.39, 0.29) is 17.6 Å². The predicted octanol–water partition coefficient (Wildman–Crippen LogP) is 3.12. The molecule has 1 rings (SSSR count). The lowest BCUT2D eigenvalue weighted by Crippen LogP contribution is -2.49. The molecule has 0 saturated heterocycles. The van der Waals surface area contributed by atoms with Gasteiger partial charge in [0.05, 0.1) is 6.10 Å². The first-order valence-corrected chi connectivity index (χ1v) is 6.05. The fraction of sp³-hybridized carbons (Fsp3) is 1.00. The molecular formula is C12H22F3NO. The van der Waals surface area contributed by atoms with E-state index in [4.69, 9.17) is 4.74 Å². The van der Waals surface area contributed by atoms with Crippen LogP contribution in [0.4, 0.5) is 13.2 Å². The summed E-state index contributed by atoms with van der Waals surface area (Å²) in [6, 6.07) is 0.0211. The van der Waals surface area contributed by atoms with Crippen molar-refractivity contribution >= 4 is 0 Å². The van der Waals surface area contributed by atoms with Crippen molar-refractivity contribution in [3.05, 3.63) is 0 Å². The summed E-state index contributed by atoms with van der Waals surface area (Å²) < 4.78 is 42.7. The van der Waals surface area contributed by atoms with Crippen LogP contribution in [0, 0.1) is 5.41 Å². The van der Waals surface area contributed by atoms with Crippen LogP contribution in [0.3, 0.4) is 0 Å². The molecule has 3 atom stereocenters. The third-order valence-corrected chi connectivity index (χ3v) is 3.55. The number of alkyl halides is 3. The van der Waals surface area contributed by atoms with E-state index in [9.17, 15) is 13.2 Å². The Morgan fingerprint density at radius 3 is 2.41 bits per heavy atom. The maximum Gasteiger partial charge on any atom is 0.414 e. The summed E-state index contributed by atoms with van der Waals surface area (Å²) in [5.74, 6) is 0. The first-order valence-electron chi connectivity index (χ1n) is 6.05. The summed E-state index contributed by atoms with van der Waals surface area (Å²) in [7, 11) is 1.78. The second-order valence-electron chi connectivity index (χ2n) is 5.66. The van der Waals surface area contributed by atoms with Crippen molar-refractivity contribution in [3.63, 3.8) is 0 Å². The van der Waals surface area contributed by atoms with Crippen molar-refractivity contribution in [1.82, 2.24) is 5.32 Å². The zero-order valence-corrected chi connectivity index (χ0v) is 10.9. The van der Waals surface area contributed by atoms with E-state index in [1.54, 1.807) is 7.05 Å². The van der Waals surface area contributed by atoms with E-state index in [2.05, 4.69) is 19.2 Å². The van der Waals surface area contributed by atoms with Crippen LogP contribution in [0.15, 0.2) is 0 Å². The van der Waals surface area contributed by atoms with Crippen LogP contribution in [-0.2, 0) is 4.74 Å². The molecule has 0 bridgehead atoms. The molecular weight excluding hydrogens is 231 g/mol. The molecule has 1 aliphatic rings. The number of rotatable bonds is 3. The third kappa shape index (κ3) is 4.14. The highest BCUT2D eigenvalue weighted by Crippen LogP contribution is 2.38. The standard InChI is InChI=1S/C12H22F3NO/c1-8(12(13,14)15)17-10-7-11(2,3)6-5-9(10)16-4/h8-10,16H,5-7H2,1-4H3. The third-order valence-electron chi connectivity index (χ3n) is 3.55. The van der Waals surface area contributed by atoms with Gasteiger partial charge in [-0.15, -0.1) is 0 Å². The fourth-order valence-corrected chi connectivity index (χ4v) is 2.33. The van der Waals surface area contributed by atoms with Gasteiger partial charge in [-0.2, -0.15) is 13.2 Å². The highest BCUT2D eigenvalue weighted by atomic mass is 19.4. The molecule has 1 fully saturated rings. The molecule has 0 aliphatic heterocycles. The van der Waals surface area contributed by atoms with Crippen molar-refractivity contribution < 1.29 is 17.9 Å². The Balaban J connectivity index is 2.65. The molecule has 0 spiro atoms. The van der Waals surface area contributed by atoms with Crippen molar-refractivity contribution in [2.24, 2.45) is 5.41 Å². The van der Waals surface area contributed by atoms with Crippen molar-refractivity contribution in [3.8, 4) is 0 Å². The highest BCUT2D eigenvalue weighted by molar-refractivity contribution is 4.90. The van der Waals surface area contributed by atoms with Gasteiger partial charge in [0, 0.05) is 6.04 Å². The van der Waals surface area contributed by atoms with Crippen LogP contribution in [0.5, 0.6) is 0 Å². The molecule has 5 heteroatoms. The SMILES string of the molecule is CNC1CCC(C)(C)CC1OC(C)C(F)(F)F. The van der Waals surface area contributed by atoms with Crippen LogP contribution in [0.25, 0.3) is 0 Å². The molecule has 0 aromatic rings. The first-order chi connectivity index (χ1) is 7.65. The Kier molecular flexibility index (Phi) is 4.47. The van der Waals surface area contributed by atoms with Gasteiger partial charge in [-0.05, 0) is 38.6 Å². The Morgan fingerprint density at radius 1 is 1.35 bits per heavy atom. The molecule has 1 aliphatic carbocycles. The molecule has 17 heavy (non-hydrogen) atoms. The summed E-state index contributed by atoms with van der Waals surface area (Å²) in [6.07, 6.45) is -3.80. The van der Waals surface area contributed by atoms with Crippen LogP contribution < -0.4 is 5.32 Å². The maximum absolute atomic E-state index is 12.5. The molecule has 0 amide bonds. The molecule has 1 saturated carbocycles. The molecule has 2 nitrogen and oxygen atoms in total. The zero-order chi connectivity index (χ0) is 13.3. The molecule has 0 aromatic carbocycles.